The van der Waals surface area contributed by atoms with Crippen LogP contribution in [0.3, 0.4) is 0 Å². The number of fused-ring (bicyclic) bond motifs is 1. The first-order valence-electron chi connectivity index (χ1n) is 9.04. The topological polar surface area (TPSA) is 61.4 Å². The molecule has 0 aliphatic carbocycles. The molecule has 2 N–H and O–H groups in total. The molecule has 5 nitrogen and oxygen atoms in total. The van der Waals surface area contributed by atoms with Crippen molar-refractivity contribution < 1.29 is 8.42 Å². The molecule has 0 fully saturated rings. The van der Waals surface area contributed by atoms with Crippen molar-refractivity contribution in [3.05, 3.63) is 59.7 Å². The van der Waals surface area contributed by atoms with Gasteiger partial charge in [0.2, 0.25) is 10.0 Å². The summed E-state index contributed by atoms with van der Waals surface area (Å²) in [5, 5.41) is 3.52. The van der Waals surface area contributed by atoms with E-state index in [4.69, 9.17) is 0 Å². The molecule has 1 heterocycles. The highest BCUT2D eigenvalue weighted by Gasteiger charge is 2.24. The largest absolute Gasteiger partial charge is 0.367 e. The summed E-state index contributed by atoms with van der Waals surface area (Å²) in [4.78, 5) is 2.74. The molecule has 26 heavy (non-hydrogen) atoms. The SMILES string of the molecule is CNS(=O)(=O)c1cccc(C(C)NCCN2c3ccccc3CC2C)c1. The predicted molar refractivity (Wildman–Crippen MR) is 106 cm³/mol. The van der Waals surface area contributed by atoms with Crippen LogP contribution < -0.4 is 14.9 Å². The molecular formula is C20H27N3O2S. The fraction of sp³-hybridized carbons (Fsp3) is 0.400. The summed E-state index contributed by atoms with van der Waals surface area (Å²) < 4.78 is 26.3. The number of anilines is 1. The Hall–Kier alpha value is -1.89. The normalized spacial score (nSPS) is 18.0. The van der Waals surface area contributed by atoms with Gasteiger partial charge in [0.15, 0.2) is 0 Å². The highest BCUT2D eigenvalue weighted by atomic mass is 32.2. The van der Waals surface area contributed by atoms with E-state index in [9.17, 15) is 8.42 Å². The Morgan fingerprint density at radius 3 is 2.73 bits per heavy atom. The number of nitrogens with one attached hydrogen (secondary N) is 2. The molecule has 0 spiro atoms. The van der Waals surface area contributed by atoms with E-state index in [1.165, 1.54) is 18.3 Å². The molecule has 1 aliphatic heterocycles. The van der Waals surface area contributed by atoms with Crippen LogP contribution in [0.5, 0.6) is 0 Å². The number of nitrogens with zero attached hydrogens (tertiary/aromatic N) is 1. The monoisotopic (exact) mass is 373 g/mol. The predicted octanol–water partition coefficient (Wildman–Crippen LogP) is 2.70. The second kappa shape index (κ2) is 7.78. The maximum absolute atomic E-state index is 12.0. The lowest BCUT2D eigenvalue weighted by Gasteiger charge is -2.26. The van der Waals surface area contributed by atoms with Gasteiger partial charge in [0.05, 0.1) is 4.90 Å². The standard InChI is InChI=1S/C20H27N3O2S/c1-15-13-18-7-4-5-10-20(18)23(15)12-11-22-16(2)17-8-6-9-19(14-17)26(24,25)21-3/h4-10,14-16,21-22H,11-13H2,1-3H3. The van der Waals surface area contributed by atoms with Crippen LogP contribution in [0.15, 0.2) is 53.4 Å². The fourth-order valence-electron chi connectivity index (χ4n) is 3.56. The fourth-order valence-corrected chi connectivity index (χ4v) is 4.34. The van der Waals surface area contributed by atoms with E-state index in [0.29, 0.717) is 10.9 Å². The van der Waals surface area contributed by atoms with Crippen LogP contribution >= 0.6 is 0 Å². The van der Waals surface area contributed by atoms with Crippen molar-refractivity contribution in [2.24, 2.45) is 0 Å². The first-order valence-corrected chi connectivity index (χ1v) is 10.5. The van der Waals surface area contributed by atoms with E-state index < -0.39 is 10.0 Å². The van der Waals surface area contributed by atoms with Gasteiger partial charge in [0, 0.05) is 30.9 Å². The third-order valence-corrected chi connectivity index (χ3v) is 6.50. The summed E-state index contributed by atoms with van der Waals surface area (Å²) in [5.41, 5.74) is 3.71. The molecule has 0 bridgehead atoms. The quantitative estimate of drug-likeness (QED) is 0.783. The van der Waals surface area contributed by atoms with Gasteiger partial charge in [-0.3, -0.25) is 0 Å². The molecule has 0 saturated carbocycles. The lowest BCUT2D eigenvalue weighted by Crippen LogP contribution is -2.36. The highest BCUT2D eigenvalue weighted by Crippen LogP contribution is 2.31. The van der Waals surface area contributed by atoms with Crippen molar-refractivity contribution in [1.29, 1.82) is 0 Å². The Morgan fingerprint density at radius 1 is 1.19 bits per heavy atom. The average molecular weight is 374 g/mol. The van der Waals surface area contributed by atoms with E-state index in [2.05, 4.69) is 53.1 Å². The van der Waals surface area contributed by atoms with Crippen LogP contribution in [0, 0.1) is 0 Å². The number of sulfonamides is 1. The Balaban J connectivity index is 1.62. The summed E-state index contributed by atoms with van der Waals surface area (Å²) in [6.45, 7) is 6.09. The van der Waals surface area contributed by atoms with Gasteiger partial charge in [-0.15, -0.1) is 0 Å². The Labute approximate surface area is 156 Å². The minimum atomic E-state index is -3.41. The van der Waals surface area contributed by atoms with Crippen molar-refractivity contribution in [2.45, 2.75) is 37.2 Å². The summed E-state index contributed by atoms with van der Waals surface area (Å²) in [6, 6.07) is 16.3. The van der Waals surface area contributed by atoms with Crippen LogP contribution in [-0.2, 0) is 16.4 Å². The van der Waals surface area contributed by atoms with Crippen LogP contribution in [0.25, 0.3) is 0 Å². The van der Waals surface area contributed by atoms with Gasteiger partial charge >= 0.3 is 0 Å². The minimum absolute atomic E-state index is 0.0789. The molecule has 0 aromatic heterocycles. The highest BCUT2D eigenvalue weighted by molar-refractivity contribution is 7.89. The average Bonchev–Trinajstić information content (AvgIpc) is 2.97. The third kappa shape index (κ3) is 3.92. The molecule has 2 aromatic carbocycles. The van der Waals surface area contributed by atoms with Crippen LogP contribution in [0.4, 0.5) is 5.69 Å². The summed E-state index contributed by atoms with van der Waals surface area (Å²) >= 11 is 0. The molecular weight excluding hydrogens is 346 g/mol. The van der Waals surface area contributed by atoms with Crippen molar-refractivity contribution in [2.75, 3.05) is 25.0 Å². The number of para-hydroxylation sites is 1. The van der Waals surface area contributed by atoms with Crippen molar-refractivity contribution in [3.8, 4) is 0 Å². The number of rotatable bonds is 7. The zero-order valence-electron chi connectivity index (χ0n) is 15.6. The molecule has 0 saturated heterocycles. The van der Waals surface area contributed by atoms with Gasteiger partial charge in [-0.1, -0.05) is 30.3 Å². The van der Waals surface area contributed by atoms with E-state index >= 15 is 0 Å². The minimum Gasteiger partial charge on any atom is -0.367 e. The maximum atomic E-state index is 12.0. The Morgan fingerprint density at radius 2 is 1.96 bits per heavy atom. The zero-order chi connectivity index (χ0) is 18.7. The molecule has 140 valence electrons. The molecule has 2 unspecified atom stereocenters. The number of hydrogen-bond acceptors (Lipinski definition) is 4. The van der Waals surface area contributed by atoms with Crippen molar-refractivity contribution in [3.63, 3.8) is 0 Å². The second-order valence-corrected chi connectivity index (χ2v) is 8.72. The smallest absolute Gasteiger partial charge is 0.240 e. The van der Waals surface area contributed by atoms with Gasteiger partial charge in [-0.25, -0.2) is 13.1 Å². The molecule has 1 aliphatic rings. The molecule has 3 rings (SSSR count). The Bertz CT molecular complexity index is 867. The molecule has 0 amide bonds. The van der Waals surface area contributed by atoms with Gasteiger partial charge in [0.1, 0.15) is 0 Å². The summed E-state index contributed by atoms with van der Waals surface area (Å²) in [5.74, 6) is 0. The zero-order valence-corrected chi connectivity index (χ0v) is 16.4. The summed E-state index contributed by atoms with van der Waals surface area (Å²) in [7, 11) is -1.99. The van der Waals surface area contributed by atoms with Gasteiger partial charge in [-0.05, 0) is 56.6 Å². The van der Waals surface area contributed by atoms with Crippen molar-refractivity contribution in [1.82, 2.24) is 10.0 Å². The second-order valence-electron chi connectivity index (χ2n) is 6.83. The Kier molecular flexibility index (Phi) is 5.65. The summed E-state index contributed by atoms with van der Waals surface area (Å²) in [6.07, 6.45) is 1.09. The van der Waals surface area contributed by atoms with E-state index in [-0.39, 0.29) is 6.04 Å². The maximum Gasteiger partial charge on any atom is 0.240 e. The number of benzene rings is 2. The van der Waals surface area contributed by atoms with Crippen LogP contribution in [-0.4, -0.2) is 34.6 Å². The van der Waals surface area contributed by atoms with Crippen LogP contribution in [0.1, 0.15) is 31.0 Å². The molecule has 2 atom stereocenters. The molecule has 6 heteroatoms. The first kappa shape index (κ1) is 18.9. The first-order chi connectivity index (χ1) is 12.4. The van der Waals surface area contributed by atoms with Gasteiger partial charge in [0.25, 0.3) is 0 Å². The van der Waals surface area contributed by atoms with E-state index in [0.717, 1.165) is 25.1 Å². The van der Waals surface area contributed by atoms with Gasteiger partial charge < -0.3 is 10.2 Å². The number of hydrogen-bond donors (Lipinski definition) is 2. The lowest BCUT2D eigenvalue weighted by atomic mass is 10.1. The van der Waals surface area contributed by atoms with Gasteiger partial charge in [-0.2, -0.15) is 0 Å². The lowest BCUT2D eigenvalue weighted by molar-refractivity contribution is 0.553. The van der Waals surface area contributed by atoms with Crippen molar-refractivity contribution >= 4 is 15.7 Å². The third-order valence-electron chi connectivity index (χ3n) is 5.09. The molecule has 2 aromatic rings. The van der Waals surface area contributed by atoms with E-state index in [1.807, 2.05) is 6.07 Å². The van der Waals surface area contributed by atoms with E-state index in [1.54, 1.807) is 18.2 Å². The van der Waals surface area contributed by atoms with Crippen LogP contribution in [0.2, 0.25) is 0 Å². The molecule has 0 radical (unpaired) electrons.